The van der Waals surface area contributed by atoms with Crippen molar-refractivity contribution in [2.45, 2.75) is 13.8 Å². The van der Waals surface area contributed by atoms with E-state index in [4.69, 9.17) is 5.90 Å². The maximum absolute atomic E-state index is 12.0. The fourth-order valence-electron chi connectivity index (χ4n) is 0.437. The maximum Gasteiger partial charge on any atom is 0.0968 e. The van der Waals surface area contributed by atoms with Gasteiger partial charge >= 0.3 is 0 Å². The van der Waals surface area contributed by atoms with Gasteiger partial charge in [0.1, 0.15) is 0 Å². The van der Waals surface area contributed by atoms with E-state index in [0.29, 0.717) is 6.61 Å². The lowest BCUT2D eigenvalue weighted by molar-refractivity contribution is 0.161. The summed E-state index contributed by atoms with van der Waals surface area (Å²) in [6, 6.07) is 0. The quantitative estimate of drug-likeness (QED) is 0.484. The third kappa shape index (κ3) is 5.47. The standard InChI is InChI=1S/C7H12FNO/c1-6(5-10-9)3-4-7(2)8/h3-4H,5,9H2,1-2H3/b6-3+,7-4+. The lowest BCUT2D eigenvalue weighted by Gasteiger charge is -1.94. The molecule has 0 spiro atoms. The zero-order chi connectivity index (χ0) is 7.98. The SMILES string of the molecule is C/C(F)=C\C=C(/C)CON. The van der Waals surface area contributed by atoms with Crippen LogP contribution in [-0.4, -0.2) is 6.61 Å². The van der Waals surface area contributed by atoms with Crippen molar-refractivity contribution in [1.82, 2.24) is 0 Å². The molecule has 2 nitrogen and oxygen atoms in total. The summed E-state index contributed by atoms with van der Waals surface area (Å²) in [5, 5.41) is 0. The first-order valence-corrected chi connectivity index (χ1v) is 2.98. The van der Waals surface area contributed by atoms with Crippen molar-refractivity contribution in [1.29, 1.82) is 0 Å². The summed E-state index contributed by atoms with van der Waals surface area (Å²) in [4.78, 5) is 4.32. The molecular formula is C7H12FNO. The van der Waals surface area contributed by atoms with Crippen LogP contribution in [-0.2, 0) is 4.84 Å². The molecule has 0 amide bonds. The normalized spacial score (nSPS) is 14.0. The van der Waals surface area contributed by atoms with Gasteiger partial charge in [0.25, 0.3) is 0 Å². The highest BCUT2D eigenvalue weighted by molar-refractivity contribution is 5.12. The molecule has 0 atom stereocenters. The third-order valence-electron chi connectivity index (χ3n) is 0.909. The molecule has 3 heteroatoms. The Balaban J connectivity index is 3.79. The van der Waals surface area contributed by atoms with Crippen molar-refractivity contribution in [2.75, 3.05) is 6.61 Å². The van der Waals surface area contributed by atoms with Crippen LogP contribution in [0.4, 0.5) is 4.39 Å². The minimum atomic E-state index is -0.226. The molecule has 0 aliphatic carbocycles. The fraction of sp³-hybridized carbons (Fsp3) is 0.429. The summed E-state index contributed by atoms with van der Waals surface area (Å²) in [5.41, 5.74) is 0.888. The first-order valence-electron chi connectivity index (χ1n) is 2.98. The average Bonchev–Trinajstić information content (AvgIpc) is 1.85. The van der Waals surface area contributed by atoms with Crippen LogP contribution in [0.5, 0.6) is 0 Å². The molecule has 0 aromatic heterocycles. The van der Waals surface area contributed by atoms with Crippen LogP contribution in [0.25, 0.3) is 0 Å². The second kappa shape index (κ2) is 5.14. The Morgan fingerprint density at radius 3 is 2.50 bits per heavy atom. The first kappa shape index (κ1) is 9.33. The van der Waals surface area contributed by atoms with Crippen LogP contribution < -0.4 is 5.90 Å². The van der Waals surface area contributed by atoms with Crippen molar-refractivity contribution in [3.8, 4) is 0 Å². The Morgan fingerprint density at radius 1 is 1.50 bits per heavy atom. The topological polar surface area (TPSA) is 35.2 Å². The van der Waals surface area contributed by atoms with E-state index in [-0.39, 0.29) is 5.83 Å². The zero-order valence-corrected chi connectivity index (χ0v) is 6.23. The van der Waals surface area contributed by atoms with Gasteiger partial charge in [-0.25, -0.2) is 10.3 Å². The van der Waals surface area contributed by atoms with Gasteiger partial charge in [0.15, 0.2) is 0 Å². The van der Waals surface area contributed by atoms with Crippen molar-refractivity contribution in [2.24, 2.45) is 5.90 Å². The van der Waals surface area contributed by atoms with Gasteiger partial charge in [-0.3, -0.25) is 0 Å². The summed E-state index contributed by atoms with van der Waals surface area (Å²) in [6.45, 7) is 3.53. The summed E-state index contributed by atoms with van der Waals surface area (Å²) in [5.74, 6) is 4.55. The number of hydrogen-bond acceptors (Lipinski definition) is 2. The van der Waals surface area contributed by atoms with Crippen molar-refractivity contribution < 1.29 is 9.23 Å². The van der Waals surface area contributed by atoms with E-state index in [2.05, 4.69) is 4.84 Å². The van der Waals surface area contributed by atoms with Crippen molar-refractivity contribution in [3.05, 3.63) is 23.6 Å². The van der Waals surface area contributed by atoms with Crippen LogP contribution in [0.2, 0.25) is 0 Å². The predicted molar refractivity (Wildman–Crippen MR) is 38.8 cm³/mol. The number of allylic oxidation sites excluding steroid dienone is 3. The van der Waals surface area contributed by atoms with Crippen LogP contribution in [0.3, 0.4) is 0 Å². The molecule has 58 valence electrons. The van der Waals surface area contributed by atoms with Gasteiger partial charge in [-0.15, -0.1) is 0 Å². The average molecular weight is 145 g/mol. The Kier molecular flexibility index (Phi) is 4.80. The van der Waals surface area contributed by atoms with E-state index < -0.39 is 0 Å². The van der Waals surface area contributed by atoms with E-state index in [1.54, 1.807) is 6.08 Å². The highest BCUT2D eigenvalue weighted by Gasteiger charge is 1.84. The molecule has 0 aliphatic heterocycles. The smallest absolute Gasteiger partial charge is 0.0968 e. The molecule has 2 N–H and O–H groups in total. The summed E-state index contributed by atoms with van der Waals surface area (Å²) >= 11 is 0. The predicted octanol–water partition coefficient (Wildman–Crippen LogP) is 1.70. The monoisotopic (exact) mass is 145 g/mol. The molecule has 0 aromatic carbocycles. The van der Waals surface area contributed by atoms with Gasteiger partial charge in [-0.05, 0) is 25.5 Å². The molecule has 0 unspecified atom stereocenters. The molecule has 0 saturated carbocycles. The van der Waals surface area contributed by atoms with Crippen LogP contribution in [0, 0.1) is 0 Å². The molecule has 0 saturated heterocycles. The molecule has 0 aliphatic rings. The van der Waals surface area contributed by atoms with Crippen LogP contribution >= 0.6 is 0 Å². The zero-order valence-electron chi connectivity index (χ0n) is 6.23. The molecule has 0 aromatic rings. The number of hydrogen-bond donors (Lipinski definition) is 1. The maximum atomic E-state index is 12.0. The van der Waals surface area contributed by atoms with Gasteiger partial charge in [0.2, 0.25) is 0 Å². The highest BCUT2D eigenvalue weighted by Crippen LogP contribution is 1.97. The van der Waals surface area contributed by atoms with Gasteiger partial charge in [0.05, 0.1) is 12.4 Å². The lowest BCUT2D eigenvalue weighted by Crippen LogP contribution is -2.01. The Bertz CT molecular complexity index is 148. The second-order valence-corrected chi connectivity index (χ2v) is 2.08. The van der Waals surface area contributed by atoms with Gasteiger partial charge in [-0.2, -0.15) is 0 Å². The van der Waals surface area contributed by atoms with Gasteiger partial charge in [0, 0.05) is 0 Å². The minimum Gasteiger partial charge on any atom is -0.300 e. The number of nitrogens with two attached hydrogens (primary N) is 1. The number of halogens is 1. The van der Waals surface area contributed by atoms with Crippen LogP contribution in [0.15, 0.2) is 23.6 Å². The van der Waals surface area contributed by atoms with E-state index in [9.17, 15) is 4.39 Å². The Labute approximate surface area is 60.1 Å². The molecule has 10 heavy (non-hydrogen) atoms. The summed E-state index contributed by atoms with van der Waals surface area (Å²) < 4.78 is 12.0. The summed E-state index contributed by atoms with van der Waals surface area (Å²) in [7, 11) is 0. The molecule has 0 heterocycles. The Hall–Kier alpha value is -0.670. The molecular weight excluding hydrogens is 133 g/mol. The second-order valence-electron chi connectivity index (χ2n) is 2.08. The van der Waals surface area contributed by atoms with E-state index >= 15 is 0 Å². The van der Waals surface area contributed by atoms with E-state index in [1.165, 1.54) is 13.0 Å². The molecule has 0 radical (unpaired) electrons. The van der Waals surface area contributed by atoms with Gasteiger partial charge in [-0.1, -0.05) is 6.08 Å². The third-order valence-corrected chi connectivity index (χ3v) is 0.909. The highest BCUT2D eigenvalue weighted by atomic mass is 19.1. The van der Waals surface area contributed by atoms with Crippen LogP contribution in [0.1, 0.15) is 13.8 Å². The van der Waals surface area contributed by atoms with Crippen molar-refractivity contribution in [3.63, 3.8) is 0 Å². The molecule has 0 bridgehead atoms. The van der Waals surface area contributed by atoms with E-state index in [1.807, 2.05) is 6.92 Å². The minimum absolute atomic E-state index is 0.226. The molecule has 0 rings (SSSR count). The largest absolute Gasteiger partial charge is 0.300 e. The lowest BCUT2D eigenvalue weighted by atomic mass is 10.3. The van der Waals surface area contributed by atoms with E-state index in [0.717, 1.165) is 5.57 Å². The van der Waals surface area contributed by atoms with Crippen molar-refractivity contribution >= 4 is 0 Å². The summed E-state index contributed by atoms with van der Waals surface area (Å²) in [6.07, 6.45) is 3.00. The number of rotatable bonds is 3. The van der Waals surface area contributed by atoms with Gasteiger partial charge < -0.3 is 4.84 Å². The fourth-order valence-corrected chi connectivity index (χ4v) is 0.437. The molecule has 0 fully saturated rings. The first-order chi connectivity index (χ1) is 4.66. The Morgan fingerprint density at radius 2 is 2.10 bits per heavy atom.